The molecule has 154 valence electrons. The molecule has 0 aliphatic carbocycles. The summed E-state index contributed by atoms with van der Waals surface area (Å²) in [5.41, 5.74) is 2.07. The molecule has 2 fully saturated rings. The quantitative estimate of drug-likeness (QED) is 0.730. The first-order chi connectivity index (χ1) is 14.6. The molecule has 2 aliphatic rings. The predicted molar refractivity (Wildman–Crippen MR) is 115 cm³/mol. The fourth-order valence-electron chi connectivity index (χ4n) is 4.78. The van der Waals surface area contributed by atoms with Crippen molar-refractivity contribution >= 4 is 28.4 Å². The van der Waals surface area contributed by atoms with E-state index in [9.17, 15) is 9.59 Å². The van der Waals surface area contributed by atoms with Crippen LogP contribution in [0.1, 0.15) is 30.1 Å². The highest BCUT2D eigenvalue weighted by Crippen LogP contribution is 2.39. The second kappa shape index (κ2) is 7.16. The minimum absolute atomic E-state index is 0.0111. The first-order valence-corrected chi connectivity index (χ1v) is 10.5. The van der Waals surface area contributed by atoms with E-state index in [2.05, 4.69) is 27.2 Å². The molecule has 2 amide bonds. The van der Waals surface area contributed by atoms with Gasteiger partial charge in [-0.15, -0.1) is 0 Å². The van der Waals surface area contributed by atoms with Gasteiger partial charge in [0.1, 0.15) is 5.54 Å². The third kappa shape index (κ3) is 2.84. The lowest BCUT2D eigenvalue weighted by atomic mass is 9.85. The number of para-hydroxylation sites is 1. The summed E-state index contributed by atoms with van der Waals surface area (Å²) in [6.45, 7) is 4.44. The lowest BCUT2D eigenvalue weighted by Crippen LogP contribution is -2.57. The Balaban J connectivity index is 1.38. The van der Waals surface area contributed by atoms with Crippen LogP contribution in [0.2, 0.25) is 0 Å². The number of likely N-dealkylation sites (tertiary alicyclic amines) is 1. The summed E-state index contributed by atoms with van der Waals surface area (Å²) in [6, 6.07) is 15.7. The molecule has 0 saturated carbocycles. The number of likely N-dealkylation sites (N-methyl/N-ethyl adjacent to an activating group) is 1. The molecule has 3 aromatic rings. The van der Waals surface area contributed by atoms with E-state index >= 15 is 0 Å². The van der Waals surface area contributed by atoms with Crippen LogP contribution in [0.25, 0.3) is 10.9 Å². The molecule has 1 aromatic heterocycles. The number of aromatic amines is 1. The molecule has 7 nitrogen and oxygen atoms in total. The maximum Gasteiger partial charge on any atom is 0.253 e. The van der Waals surface area contributed by atoms with E-state index in [1.165, 1.54) is 0 Å². The Hall–Kier alpha value is -3.35. The number of hydrogen-bond donors (Lipinski definition) is 1. The number of piperidine rings is 1. The van der Waals surface area contributed by atoms with Gasteiger partial charge >= 0.3 is 0 Å². The number of carbonyl (C=O) groups excluding carboxylic acids is 2. The van der Waals surface area contributed by atoms with Crippen molar-refractivity contribution in [1.82, 2.24) is 20.0 Å². The SMILES string of the molecule is CCN1CN(c2ccccc2)C2(CCN(C(=O)c3ccc4[nH]ncc4c3)CC2)C1=O. The topological polar surface area (TPSA) is 72.5 Å². The highest BCUT2D eigenvalue weighted by Gasteiger charge is 2.53. The van der Waals surface area contributed by atoms with Crippen molar-refractivity contribution in [2.24, 2.45) is 0 Å². The van der Waals surface area contributed by atoms with E-state index in [4.69, 9.17) is 0 Å². The summed E-state index contributed by atoms with van der Waals surface area (Å²) < 4.78 is 0. The normalized spacial score (nSPS) is 18.6. The van der Waals surface area contributed by atoms with E-state index in [1.807, 2.05) is 53.1 Å². The summed E-state index contributed by atoms with van der Waals surface area (Å²) in [4.78, 5) is 32.5. The van der Waals surface area contributed by atoms with Crippen molar-refractivity contribution in [3.8, 4) is 0 Å². The molecule has 2 aromatic carbocycles. The van der Waals surface area contributed by atoms with E-state index in [1.54, 1.807) is 6.20 Å². The van der Waals surface area contributed by atoms with Gasteiger partial charge in [-0.3, -0.25) is 14.7 Å². The van der Waals surface area contributed by atoms with Crippen molar-refractivity contribution in [3.63, 3.8) is 0 Å². The molecule has 7 heteroatoms. The Morgan fingerprint density at radius 2 is 1.90 bits per heavy atom. The fourth-order valence-corrected chi connectivity index (χ4v) is 4.78. The van der Waals surface area contributed by atoms with E-state index < -0.39 is 5.54 Å². The summed E-state index contributed by atoms with van der Waals surface area (Å²) in [5.74, 6) is 0.192. The molecule has 5 rings (SSSR count). The number of amides is 2. The summed E-state index contributed by atoms with van der Waals surface area (Å²) in [7, 11) is 0. The minimum atomic E-state index is -0.567. The lowest BCUT2D eigenvalue weighted by molar-refractivity contribution is -0.133. The van der Waals surface area contributed by atoms with Crippen LogP contribution in [0.5, 0.6) is 0 Å². The van der Waals surface area contributed by atoms with Crippen LogP contribution in [0.4, 0.5) is 5.69 Å². The Kier molecular flexibility index (Phi) is 4.46. The van der Waals surface area contributed by atoms with Crippen LogP contribution in [-0.2, 0) is 4.79 Å². The third-order valence-corrected chi connectivity index (χ3v) is 6.53. The monoisotopic (exact) mass is 403 g/mol. The van der Waals surface area contributed by atoms with Gasteiger partial charge in [0.15, 0.2) is 0 Å². The van der Waals surface area contributed by atoms with Crippen LogP contribution in [0, 0.1) is 0 Å². The van der Waals surface area contributed by atoms with E-state index in [0.29, 0.717) is 44.7 Å². The van der Waals surface area contributed by atoms with Gasteiger partial charge in [0.05, 0.1) is 18.4 Å². The second-order valence-electron chi connectivity index (χ2n) is 8.06. The van der Waals surface area contributed by atoms with Crippen LogP contribution < -0.4 is 4.90 Å². The first kappa shape index (κ1) is 18.7. The van der Waals surface area contributed by atoms with Crippen molar-refractivity contribution in [1.29, 1.82) is 0 Å². The maximum absolute atomic E-state index is 13.3. The molecular formula is C23H25N5O2. The number of carbonyl (C=O) groups is 2. The van der Waals surface area contributed by atoms with Crippen LogP contribution in [-0.4, -0.2) is 63.7 Å². The van der Waals surface area contributed by atoms with Gasteiger partial charge in [-0.1, -0.05) is 18.2 Å². The van der Waals surface area contributed by atoms with E-state index in [-0.39, 0.29) is 11.8 Å². The molecule has 0 bridgehead atoms. The molecule has 1 spiro atoms. The Bertz CT molecular complexity index is 1090. The Morgan fingerprint density at radius 1 is 1.13 bits per heavy atom. The first-order valence-electron chi connectivity index (χ1n) is 10.5. The number of fused-ring (bicyclic) bond motifs is 1. The van der Waals surface area contributed by atoms with Gasteiger partial charge in [0, 0.05) is 36.3 Å². The molecule has 0 radical (unpaired) electrons. The molecule has 0 unspecified atom stereocenters. The number of nitrogens with one attached hydrogen (secondary N) is 1. The highest BCUT2D eigenvalue weighted by atomic mass is 16.2. The van der Waals surface area contributed by atoms with Crippen molar-refractivity contribution in [2.75, 3.05) is 31.2 Å². The zero-order valence-electron chi connectivity index (χ0n) is 17.0. The molecule has 3 heterocycles. The van der Waals surface area contributed by atoms with Crippen molar-refractivity contribution in [3.05, 3.63) is 60.3 Å². The molecular weight excluding hydrogens is 378 g/mol. The molecule has 30 heavy (non-hydrogen) atoms. The Morgan fingerprint density at radius 3 is 2.63 bits per heavy atom. The maximum atomic E-state index is 13.3. The van der Waals surface area contributed by atoms with Crippen LogP contribution in [0.15, 0.2) is 54.7 Å². The largest absolute Gasteiger partial charge is 0.339 e. The Labute approximate surface area is 175 Å². The highest BCUT2D eigenvalue weighted by molar-refractivity contribution is 5.98. The number of anilines is 1. The summed E-state index contributed by atoms with van der Waals surface area (Å²) >= 11 is 0. The average Bonchev–Trinajstić information content (AvgIpc) is 3.37. The number of hydrogen-bond acceptors (Lipinski definition) is 4. The van der Waals surface area contributed by atoms with Gasteiger partial charge in [0.2, 0.25) is 5.91 Å². The number of H-pyrrole nitrogens is 1. The number of aromatic nitrogens is 2. The van der Waals surface area contributed by atoms with Gasteiger partial charge in [0.25, 0.3) is 5.91 Å². The summed E-state index contributed by atoms with van der Waals surface area (Å²) in [5, 5.41) is 7.86. The van der Waals surface area contributed by atoms with Gasteiger partial charge in [-0.2, -0.15) is 5.10 Å². The smallest absolute Gasteiger partial charge is 0.253 e. The zero-order chi connectivity index (χ0) is 20.7. The lowest BCUT2D eigenvalue weighted by Gasteiger charge is -2.43. The predicted octanol–water partition coefficient (Wildman–Crippen LogP) is 2.86. The van der Waals surface area contributed by atoms with E-state index in [0.717, 1.165) is 16.6 Å². The van der Waals surface area contributed by atoms with Gasteiger partial charge < -0.3 is 14.7 Å². The molecule has 0 atom stereocenters. The number of nitrogens with zero attached hydrogens (tertiary/aromatic N) is 4. The van der Waals surface area contributed by atoms with Gasteiger partial charge in [-0.25, -0.2) is 0 Å². The zero-order valence-corrected chi connectivity index (χ0v) is 17.0. The molecule has 2 aliphatic heterocycles. The fraction of sp³-hybridized carbons (Fsp3) is 0.348. The van der Waals surface area contributed by atoms with Gasteiger partial charge in [-0.05, 0) is 50.1 Å². The minimum Gasteiger partial charge on any atom is -0.339 e. The summed E-state index contributed by atoms with van der Waals surface area (Å²) in [6.07, 6.45) is 3.00. The third-order valence-electron chi connectivity index (χ3n) is 6.53. The second-order valence-corrected chi connectivity index (χ2v) is 8.06. The van der Waals surface area contributed by atoms with Crippen molar-refractivity contribution in [2.45, 2.75) is 25.3 Å². The molecule has 1 N–H and O–H groups in total. The van der Waals surface area contributed by atoms with Crippen molar-refractivity contribution < 1.29 is 9.59 Å². The standard InChI is InChI=1S/C23H25N5O2/c1-2-26-16-28(19-6-4-3-5-7-19)23(22(26)30)10-12-27(13-11-23)21(29)17-8-9-20-18(14-17)15-24-25-20/h3-9,14-15H,2,10-13,16H2,1H3,(H,24,25). The average molecular weight is 403 g/mol. The number of benzene rings is 2. The van der Waals surface area contributed by atoms with Crippen LogP contribution in [0.3, 0.4) is 0 Å². The van der Waals surface area contributed by atoms with Crippen LogP contribution >= 0.6 is 0 Å². The number of rotatable bonds is 3. The molecule has 2 saturated heterocycles.